The lowest BCUT2D eigenvalue weighted by Crippen LogP contribution is -2.59. The van der Waals surface area contributed by atoms with Crippen LogP contribution in [-0.4, -0.2) is 69.7 Å². The second kappa shape index (κ2) is 13.8. The van der Waals surface area contributed by atoms with Gasteiger partial charge in [-0.2, -0.15) is 0 Å². The Balaban J connectivity index is 2.13. The largest absolute Gasteiger partial charge is 0.480 e. The van der Waals surface area contributed by atoms with E-state index in [1.807, 2.05) is 51.2 Å². The molecular weight excluding hydrogens is 478 g/mol. The first-order valence-corrected chi connectivity index (χ1v) is 12.5. The molecule has 0 saturated heterocycles. The number of aliphatic hydroxyl groups excluding tert-OH is 1. The number of carbonyl (C=O) groups excluding carboxylic acids is 3. The van der Waals surface area contributed by atoms with Crippen molar-refractivity contribution in [2.24, 2.45) is 17.6 Å². The van der Waals surface area contributed by atoms with Crippen LogP contribution in [0.3, 0.4) is 0 Å². The third-order valence-electron chi connectivity index (χ3n) is 6.38. The lowest BCUT2D eigenvalue weighted by Gasteiger charge is -2.28. The smallest absolute Gasteiger partial charge is 0.328 e. The van der Waals surface area contributed by atoms with Gasteiger partial charge in [0.25, 0.3) is 0 Å². The highest BCUT2D eigenvalue weighted by atomic mass is 16.4. The Kier molecular flexibility index (Phi) is 11.1. The Morgan fingerprint density at radius 2 is 1.62 bits per heavy atom. The third-order valence-corrected chi connectivity index (χ3v) is 6.38. The van der Waals surface area contributed by atoms with Gasteiger partial charge in [-0.15, -0.1) is 0 Å². The van der Waals surface area contributed by atoms with E-state index in [2.05, 4.69) is 20.9 Å². The SMILES string of the molecule is CCC(C)C(NC(=O)C(CC(C)C)NC(=O)C(N)Cc1c[nH]c2ccccc12)C(=O)NC(CO)C(=O)O. The Morgan fingerprint density at radius 3 is 2.22 bits per heavy atom. The zero-order valence-electron chi connectivity index (χ0n) is 21.8. The van der Waals surface area contributed by atoms with Crippen molar-refractivity contribution in [3.63, 3.8) is 0 Å². The van der Waals surface area contributed by atoms with E-state index in [-0.39, 0.29) is 18.3 Å². The van der Waals surface area contributed by atoms with Crippen molar-refractivity contribution in [3.05, 3.63) is 36.0 Å². The van der Waals surface area contributed by atoms with Gasteiger partial charge in [0.1, 0.15) is 18.1 Å². The van der Waals surface area contributed by atoms with Crippen molar-refractivity contribution in [1.82, 2.24) is 20.9 Å². The minimum Gasteiger partial charge on any atom is -0.480 e. The molecule has 11 heteroatoms. The van der Waals surface area contributed by atoms with E-state index in [4.69, 9.17) is 10.8 Å². The van der Waals surface area contributed by atoms with E-state index in [9.17, 15) is 24.3 Å². The average molecular weight is 518 g/mol. The van der Waals surface area contributed by atoms with Crippen LogP contribution >= 0.6 is 0 Å². The first-order valence-electron chi connectivity index (χ1n) is 12.5. The first-order chi connectivity index (χ1) is 17.5. The number of carboxylic acid groups (broad SMARTS) is 1. The molecule has 0 saturated carbocycles. The molecule has 5 atom stereocenters. The molecule has 37 heavy (non-hydrogen) atoms. The number of aliphatic hydroxyl groups is 1. The van der Waals surface area contributed by atoms with Gasteiger partial charge < -0.3 is 36.9 Å². The second-order valence-corrected chi connectivity index (χ2v) is 9.81. The molecule has 0 aliphatic carbocycles. The molecule has 0 spiro atoms. The summed E-state index contributed by atoms with van der Waals surface area (Å²) in [7, 11) is 0. The number of aromatic amines is 1. The van der Waals surface area contributed by atoms with Crippen LogP contribution in [0.4, 0.5) is 0 Å². The molecule has 1 heterocycles. The number of carboxylic acids is 1. The van der Waals surface area contributed by atoms with Crippen LogP contribution < -0.4 is 21.7 Å². The van der Waals surface area contributed by atoms with E-state index in [1.165, 1.54) is 0 Å². The number of benzene rings is 1. The van der Waals surface area contributed by atoms with E-state index in [1.54, 1.807) is 6.92 Å². The summed E-state index contributed by atoms with van der Waals surface area (Å²) in [6.07, 6.45) is 2.90. The van der Waals surface area contributed by atoms with Crippen LogP contribution in [0.5, 0.6) is 0 Å². The van der Waals surface area contributed by atoms with Crippen molar-refractivity contribution >= 4 is 34.6 Å². The maximum Gasteiger partial charge on any atom is 0.328 e. The molecule has 204 valence electrons. The van der Waals surface area contributed by atoms with E-state index in [0.717, 1.165) is 16.5 Å². The minimum absolute atomic E-state index is 0.0440. The highest BCUT2D eigenvalue weighted by Gasteiger charge is 2.33. The van der Waals surface area contributed by atoms with Crippen LogP contribution in [0.2, 0.25) is 0 Å². The molecule has 0 fully saturated rings. The number of aromatic nitrogens is 1. The van der Waals surface area contributed by atoms with Crippen LogP contribution in [0.25, 0.3) is 10.9 Å². The fourth-order valence-corrected chi connectivity index (χ4v) is 4.01. The fourth-order valence-electron chi connectivity index (χ4n) is 4.01. The lowest BCUT2D eigenvalue weighted by molar-refractivity contribution is -0.143. The van der Waals surface area contributed by atoms with Gasteiger partial charge in [-0.25, -0.2) is 4.79 Å². The van der Waals surface area contributed by atoms with Crippen LogP contribution in [0.15, 0.2) is 30.5 Å². The number of rotatable bonds is 14. The molecule has 0 radical (unpaired) electrons. The number of H-pyrrole nitrogens is 1. The minimum atomic E-state index is -1.50. The summed E-state index contributed by atoms with van der Waals surface area (Å²) in [6, 6.07) is 3.26. The number of carbonyl (C=O) groups is 4. The topological polar surface area (TPSA) is 187 Å². The van der Waals surface area contributed by atoms with Gasteiger partial charge in [0.2, 0.25) is 17.7 Å². The molecule has 2 rings (SSSR count). The number of hydrogen-bond donors (Lipinski definition) is 7. The Bertz CT molecular complexity index is 1080. The zero-order valence-corrected chi connectivity index (χ0v) is 21.8. The van der Waals surface area contributed by atoms with Crippen molar-refractivity contribution in [3.8, 4) is 0 Å². The lowest BCUT2D eigenvalue weighted by atomic mass is 9.96. The number of aliphatic carboxylic acids is 1. The molecule has 1 aromatic heterocycles. The van der Waals surface area contributed by atoms with E-state index < -0.39 is 54.5 Å². The quantitative estimate of drug-likeness (QED) is 0.192. The Morgan fingerprint density at radius 1 is 0.973 bits per heavy atom. The Hall–Kier alpha value is -3.44. The number of hydrogen-bond acceptors (Lipinski definition) is 6. The maximum absolute atomic E-state index is 13.2. The summed E-state index contributed by atoms with van der Waals surface area (Å²) in [4.78, 5) is 53.4. The Labute approximate surface area is 216 Å². The molecular formula is C26H39N5O6. The van der Waals surface area contributed by atoms with Gasteiger partial charge >= 0.3 is 5.97 Å². The van der Waals surface area contributed by atoms with Gasteiger partial charge in [-0.05, 0) is 36.3 Å². The van der Waals surface area contributed by atoms with Gasteiger partial charge in [-0.1, -0.05) is 52.3 Å². The van der Waals surface area contributed by atoms with Crippen LogP contribution in [0, 0.1) is 11.8 Å². The summed E-state index contributed by atoms with van der Waals surface area (Å²) in [5.41, 5.74) is 8.01. The predicted molar refractivity (Wildman–Crippen MR) is 139 cm³/mol. The molecule has 8 N–H and O–H groups in total. The van der Waals surface area contributed by atoms with Gasteiger partial charge in [0, 0.05) is 17.1 Å². The molecule has 0 aliphatic rings. The number of para-hydroxylation sites is 1. The number of fused-ring (bicyclic) bond motifs is 1. The molecule has 2 aromatic rings. The molecule has 5 unspecified atom stereocenters. The van der Waals surface area contributed by atoms with Crippen molar-refractivity contribution < 1.29 is 29.4 Å². The maximum atomic E-state index is 13.2. The summed E-state index contributed by atoms with van der Waals surface area (Å²) < 4.78 is 0. The summed E-state index contributed by atoms with van der Waals surface area (Å²) >= 11 is 0. The normalized spacial score (nSPS) is 15.4. The zero-order chi connectivity index (χ0) is 27.7. The standard InChI is InChI=1S/C26H39N5O6/c1-5-15(4)22(25(35)30-21(13-32)26(36)37)31-24(34)20(10-14(2)3)29-23(33)18(27)11-16-12-28-19-9-7-6-8-17(16)19/h6-9,12,14-15,18,20-22,28,32H,5,10-11,13,27H2,1-4H3,(H,29,33)(H,30,35)(H,31,34)(H,36,37). The average Bonchev–Trinajstić information content (AvgIpc) is 3.26. The molecule has 11 nitrogen and oxygen atoms in total. The van der Waals surface area contributed by atoms with Crippen LogP contribution in [-0.2, 0) is 25.6 Å². The first kappa shape index (κ1) is 29.8. The summed E-state index contributed by atoms with van der Waals surface area (Å²) in [5.74, 6) is -3.48. The van der Waals surface area contributed by atoms with Crippen LogP contribution in [0.1, 0.15) is 46.1 Å². The third kappa shape index (κ3) is 8.29. The highest BCUT2D eigenvalue weighted by Crippen LogP contribution is 2.19. The molecule has 0 aliphatic heterocycles. The predicted octanol–water partition coefficient (Wildman–Crippen LogP) is 0.661. The number of nitrogens with one attached hydrogen (secondary N) is 4. The summed E-state index contributed by atoms with van der Waals surface area (Å²) in [5, 5.41) is 27.0. The van der Waals surface area contributed by atoms with Crippen molar-refractivity contribution in [1.29, 1.82) is 0 Å². The number of amides is 3. The van der Waals surface area contributed by atoms with E-state index in [0.29, 0.717) is 12.8 Å². The van der Waals surface area contributed by atoms with Gasteiger partial charge in [0.05, 0.1) is 12.6 Å². The highest BCUT2D eigenvalue weighted by molar-refractivity contribution is 5.94. The van der Waals surface area contributed by atoms with Crippen molar-refractivity contribution in [2.45, 2.75) is 71.1 Å². The molecule has 3 amide bonds. The van der Waals surface area contributed by atoms with Crippen molar-refractivity contribution in [2.75, 3.05) is 6.61 Å². The molecule has 0 bridgehead atoms. The fraction of sp³-hybridized carbons (Fsp3) is 0.538. The van der Waals surface area contributed by atoms with Gasteiger partial charge in [0.15, 0.2) is 0 Å². The summed E-state index contributed by atoms with van der Waals surface area (Å²) in [6.45, 7) is 6.58. The second-order valence-electron chi connectivity index (χ2n) is 9.81. The van der Waals surface area contributed by atoms with E-state index >= 15 is 0 Å². The van der Waals surface area contributed by atoms with Gasteiger partial charge in [-0.3, -0.25) is 14.4 Å². The monoisotopic (exact) mass is 517 g/mol. The molecule has 1 aromatic carbocycles. The number of nitrogens with two attached hydrogens (primary N) is 1.